The molecule has 0 aliphatic heterocycles. The van der Waals surface area contributed by atoms with Gasteiger partial charge in [-0.25, -0.2) is 9.18 Å². The summed E-state index contributed by atoms with van der Waals surface area (Å²) in [5, 5.41) is 11.0. The van der Waals surface area contributed by atoms with Gasteiger partial charge in [0.15, 0.2) is 0 Å². The molecule has 0 aromatic carbocycles. The van der Waals surface area contributed by atoms with Crippen molar-refractivity contribution in [3.63, 3.8) is 0 Å². The van der Waals surface area contributed by atoms with E-state index >= 15 is 0 Å². The molecule has 0 aromatic heterocycles. The lowest BCUT2D eigenvalue weighted by Gasteiger charge is -1.96. The van der Waals surface area contributed by atoms with Crippen LogP contribution in [0.5, 0.6) is 0 Å². The molecule has 0 saturated heterocycles. The summed E-state index contributed by atoms with van der Waals surface area (Å²) in [7, 11) is 0. The fraction of sp³-hybridized carbons (Fsp3) is 0.250. The van der Waals surface area contributed by atoms with E-state index in [2.05, 4.69) is 5.32 Å². The number of carbonyl (C=O) groups excluding carboxylic acids is 1. The second kappa shape index (κ2) is 7.02. The number of hydrogen-bond acceptors (Lipinski definition) is 3. The maximum Gasteiger partial charge on any atom is 0.337 e. The third kappa shape index (κ3) is 5.60. The van der Waals surface area contributed by atoms with Crippen molar-refractivity contribution in [3.05, 3.63) is 23.9 Å². The van der Waals surface area contributed by atoms with Gasteiger partial charge in [-0.15, -0.1) is 0 Å². The van der Waals surface area contributed by atoms with Gasteiger partial charge in [-0.2, -0.15) is 0 Å². The molecule has 0 unspecified atom stereocenters. The van der Waals surface area contributed by atoms with Crippen LogP contribution < -0.4 is 5.32 Å². The highest BCUT2D eigenvalue weighted by molar-refractivity contribution is 5.90. The lowest BCUT2D eigenvalue weighted by Crippen LogP contribution is -2.11. The maximum absolute atomic E-state index is 11.6. The van der Waals surface area contributed by atoms with Crippen molar-refractivity contribution in [1.29, 1.82) is 0 Å². The second-order valence-corrected chi connectivity index (χ2v) is 2.04. The van der Waals surface area contributed by atoms with Gasteiger partial charge >= 0.3 is 5.97 Å². The molecule has 0 heterocycles. The van der Waals surface area contributed by atoms with E-state index in [1.807, 2.05) is 0 Å². The minimum Gasteiger partial charge on any atom is -0.478 e. The van der Waals surface area contributed by atoms with Crippen molar-refractivity contribution in [1.82, 2.24) is 5.32 Å². The van der Waals surface area contributed by atoms with Gasteiger partial charge in [-0.05, 0) is 12.2 Å². The number of allylic oxidation sites excluding steroid dienone is 1. The topological polar surface area (TPSA) is 66.4 Å². The molecule has 13 heavy (non-hydrogen) atoms. The lowest BCUT2D eigenvalue weighted by atomic mass is 10.2. The van der Waals surface area contributed by atoms with Gasteiger partial charge in [-0.1, -0.05) is 0 Å². The minimum atomic E-state index is -1.18. The number of aldehydes is 1. The molecule has 0 saturated carbocycles. The van der Waals surface area contributed by atoms with Crippen molar-refractivity contribution in [2.45, 2.75) is 0 Å². The number of hydrogen-bond donors (Lipinski definition) is 2. The van der Waals surface area contributed by atoms with Crippen molar-refractivity contribution >= 4 is 12.3 Å². The summed E-state index contributed by atoms with van der Waals surface area (Å²) in [6, 6.07) is 0. The number of nitrogens with one attached hydrogen (secondary N) is 1. The summed E-state index contributed by atoms with van der Waals surface area (Å²) in [6.07, 6.45) is 3.78. The molecule has 0 fully saturated rings. The molecule has 0 aliphatic rings. The van der Waals surface area contributed by atoms with Crippen LogP contribution in [0.25, 0.3) is 0 Å². The number of alkyl halides is 1. The molecule has 0 bridgehead atoms. The van der Waals surface area contributed by atoms with E-state index in [0.717, 1.165) is 18.4 Å². The summed E-state index contributed by atoms with van der Waals surface area (Å²) in [6.45, 7) is -0.535. The van der Waals surface area contributed by atoms with Crippen molar-refractivity contribution in [2.75, 3.05) is 13.2 Å². The Morgan fingerprint density at radius 3 is 2.69 bits per heavy atom. The largest absolute Gasteiger partial charge is 0.478 e. The smallest absolute Gasteiger partial charge is 0.337 e. The summed E-state index contributed by atoms with van der Waals surface area (Å²) in [5.74, 6) is -1.18. The first kappa shape index (κ1) is 11.4. The number of carbonyl (C=O) groups is 2. The maximum atomic E-state index is 11.6. The van der Waals surface area contributed by atoms with Gasteiger partial charge in [0.2, 0.25) is 0 Å². The average Bonchev–Trinajstić information content (AvgIpc) is 2.10. The molecule has 2 N–H and O–H groups in total. The summed E-state index contributed by atoms with van der Waals surface area (Å²) in [4.78, 5) is 20.3. The molecule has 0 aliphatic carbocycles. The third-order valence-electron chi connectivity index (χ3n) is 1.10. The van der Waals surface area contributed by atoms with Crippen LogP contribution in [-0.4, -0.2) is 30.6 Å². The predicted octanol–water partition coefficient (Wildman–Crippen LogP) is 0.269. The average molecular weight is 187 g/mol. The van der Waals surface area contributed by atoms with E-state index in [1.165, 1.54) is 0 Å². The van der Waals surface area contributed by atoms with E-state index in [9.17, 15) is 14.0 Å². The molecule has 0 atom stereocenters. The zero-order valence-corrected chi connectivity index (χ0v) is 6.87. The SMILES string of the molecule is O=CC=CC(=CNCCF)C(=O)O. The monoisotopic (exact) mass is 187 g/mol. The van der Waals surface area contributed by atoms with Crippen LogP contribution in [0.1, 0.15) is 0 Å². The summed E-state index contributed by atoms with van der Waals surface area (Å²) < 4.78 is 11.6. The number of carboxylic acid groups (broad SMARTS) is 1. The van der Waals surface area contributed by atoms with Crippen LogP contribution >= 0.6 is 0 Å². The summed E-state index contributed by atoms with van der Waals surface area (Å²) in [5.41, 5.74) is -0.0967. The van der Waals surface area contributed by atoms with Gasteiger partial charge < -0.3 is 10.4 Å². The van der Waals surface area contributed by atoms with Crippen molar-refractivity contribution in [2.24, 2.45) is 0 Å². The van der Waals surface area contributed by atoms with Gasteiger partial charge in [0.05, 0.1) is 5.57 Å². The van der Waals surface area contributed by atoms with Crippen LogP contribution in [-0.2, 0) is 9.59 Å². The summed E-state index contributed by atoms with van der Waals surface area (Å²) >= 11 is 0. The molecule has 72 valence electrons. The van der Waals surface area contributed by atoms with E-state index in [0.29, 0.717) is 6.29 Å². The predicted molar refractivity (Wildman–Crippen MR) is 44.9 cm³/mol. The molecule has 0 amide bonds. The molecule has 0 spiro atoms. The normalized spacial score (nSPS) is 11.6. The highest BCUT2D eigenvalue weighted by Crippen LogP contribution is 1.94. The number of carboxylic acids is 1. The van der Waals surface area contributed by atoms with E-state index in [1.54, 1.807) is 0 Å². The van der Waals surface area contributed by atoms with E-state index in [-0.39, 0.29) is 12.1 Å². The molecular weight excluding hydrogens is 177 g/mol. The lowest BCUT2D eigenvalue weighted by molar-refractivity contribution is -0.132. The highest BCUT2D eigenvalue weighted by atomic mass is 19.1. The van der Waals surface area contributed by atoms with Crippen LogP contribution in [0.4, 0.5) is 4.39 Å². The Morgan fingerprint density at radius 1 is 1.54 bits per heavy atom. The number of aliphatic carboxylic acids is 1. The highest BCUT2D eigenvalue weighted by Gasteiger charge is 2.00. The second-order valence-electron chi connectivity index (χ2n) is 2.04. The Balaban J connectivity index is 4.23. The van der Waals surface area contributed by atoms with Crippen LogP contribution in [0, 0.1) is 0 Å². The van der Waals surface area contributed by atoms with E-state index < -0.39 is 12.6 Å². The van der Waals surface area contributed by atoms with Crippen LogP contribution in [0.15, 0.2) is 23.9 Å². The first-order valence-electron chi connectivity index (χ1n) is 3.57. The standard InChI is InChI=1S/C8H10FNO3/c9-3-4-10-6-7(8(12)13)2-1-5-11/h1-2,5-6,10H,3-4H2,(H,12,13). The first-order valence-corrected chi connectivity index (χ1v) is 3.57. The molecule has 4 nitrogen and oxygen atoms in total. The fourth-order valence-corrected chi connectivity index (χ4v) is 0.561. The van der Waals surface area contributed by atoms with E-state index in [4.69, 9.17) is 5.11 Å². The Kier molecular flexibility index (Phi) is 6.13. The number of rotatable bonds is 6. The Bertz CT molecular complexity index is 236. The zero-order valence-electron chi connectivity index (χ0n) is 6.87. The van der Waals surface area contributed by atoms with Crippen molar-refractivity contribution in [3.8, 4) is 0 Å². The molecule has 0 radical (unpaired) electrons. The van der Waals surface area contributed by atoms with Gasteiger partial charge in [-0.3, -0.25) is 4.79 Å². The third-order valence-corrected chi connectivity index (χ3v) is 1.10. The first-order chi connectivity index (χ1) is 6.22. The zero-order chi connectivity index (χ0) is 10.1. The quantitative estimate of drug-likeness (QED) is 0.271. The Morgan fingerprint density at radius 2 is 2.23 bits per heavy atom. The Hall–Kier alpha value is -1.65. The molecule has 5 heteroatoms. The van der Waals surface area contributed by atoms with Gasteiger partial charge in [0.1, 0.15) is 13.0 Å². The van der Waals surface area contributed by atoms with Crippen LogP contribution in [0.2, 0.25) is 0 Å². The van der Waals surface area contributed by atoms with Crippen LogP contribution in [0.3, 0.4) is 0 Å². The fourth-order valence-electron chi connectivity index (χ4n) is 0.561. The van der Waals surface area contributed by atoms with Gasteiger partial charge in [0, 0.05) is 12.7 Å². The minimum absolute atomic E-state index is 0.0473. The van der Waals surface area contributed by atoms with Crippen molar-refractivity contribution < 1.29 is 19.1 Å². The number of halogens is 1. The molecule has 0 aromatic rings. The molecule has 0 rings (SSSR count). The van der Waals surface area contributed by atoms with Gasteiger partial charge in [0.25, 0.3) is 0 Å². The Labute approximate surface area is 74.7 Å². The molecular formula is C8H10FNO3.